The summed E-state index contributed by atoms with van der Waals surface area (Å²) in [7, 11) is 1.54. The van der Waals surface area contributed by atoms with Crippen LogP contribution in [0.5, 0.6) is 5.75 Å². The molecule has 7 nitrogen and oxygen atoms in total. The van der Waals surface area contributed by atoms with Crippen molar-refractivity contribution in [3.05, 3.63) is 66.2 Å². The lowest BCUT2D eigenvalue weighted by atomic mass is 10.0. The van der Waals surface area contributed by atoms with Crippen molar-refractivity contribution in [1.82, 2.24) is 0 Å². The molecule has 0 unspecified atom stereocenters. The monoisotopic (exact) mass is 400 g/mol. The predicted octanol–water partition coefficient (Wildman–Crippen LogP) is 2.66. The number of hydrogen-bond donors (Lipinski definition) is 4. The van der Waals surface area contributed by atoms with E-state index in [2.05, 4.69) is 5.32 Å². The minimum atomic E-state index is -0.807. The number of hydrogen-bond acceptors (Lipinski definition) is 6. The van der Waals surface area contributed by atoms with Gasteiger partial charge < -0.3 is 30.7 Å². The number of methoxy groups -OCH3 is 1. The molecule has 29 heavy (non-hydrogen) atoms. The van der Waals surface area contributed by atoms with Crippen molar-refractivity contribution in [3.63, 3.8) is 0 Å². The highest BCUT2D eigenvalue weighted by Gasteiger charge is 2.20. The summed E-state index contributed by atoms with van der Waals surface area (Å²) in [6.07, 6.45) is 3.05. The molecular formula is C22H28N2O5. The van der Waals surface area contributed by atoms with Crippen LogP contribution in [0.15, 0.2) is 60.7 Å². The molecule has 0 bridgehead atoms. The summed E-state index contributed by atoms with van der Waals surface area (Å²) < 4.78 is 10.7. The topological polar surface area (TPSA) is 114 Å². The Balaban J connectivity index is 1.83. The first-order valence-electron chi connectivity index (χ1n) is 9.41. The molecule has 5 N–H and O–H groups in total. The van der Waals surface area contributed by atoms with Crippen molar-refractivity contribution in [2.75, 3.05) is 31.4 Å². The Kier molecular flexibility index (Phi) is 9.17. The average Bonchev–Trinajstić information content (AvgIpc) is 2.74. The minimum Gasteiger partial charge on any atom is -0.491 e. The van der Waals surface area contributed by atoms with Crippen molar-refractivity contribution < 1.29 is 24.5 Å². The third-order valence-electron chi connectivity index (χ3n) is 4.34. The number of aliphatic hydroxyl groups excluding tert-OH is 2. The van der Waals surface area contributed by atoms with Gasteiger partial charge in [-0.3, -0.25) is 4.79 Å². The van der Waals surface area contributed by atoms with Crippen molar-refractivity contribution in [3.8, 4) is 5.75 Å². The van der Waals surface area contributed by atoms with Crippen LogP contribution in [-0.4, -0.2) is 42.5 Å². The summed E-state index contributed by atoms with van der Waals surface area (Å²) in [4.78, 5) is 12.0. The summed E-state index contributed by atoms with van der Waals surface area (Å²) in [5.41, 5.74) is 7.58. The number of carbonyl (C=O) groups is 1. The predicted molar refractivity (Wildman–Crippen MR) is 113 cm³/mol. The first-order valence-corrected chi connectivity index (χ1v) is 9.41. The van der Waals surface area contributed by atoms with E-state index in [0.717, 1.165) is 0 Å². The quantitative estimate of drug-likeness (QED) is 0.341. The van der Waals surface area contributed by atoms with Crippen LogP contribution >= 0.6 is 0 Å². The number of nitrogens with one attached hydrogen (secondary N) is 1. The van der Waals surface area contributed by atoms with E-state index in [9.17, 15) is 9.90 Å². The fourth-order valence-electron chi connectivity index (χ4n) is 2.78. The second-order valence-electron chi connectivity index (χ2n) is 6.42. The fourth-order valence-corrected chi connectivity index (χ4v) is 2.78. The maximum Gasteiger partial charge on any atom is 0.248 e. The lowest BCUT2D eigenvalue weighted by molar-refractivity contribution is -0.111. The number of amides is 1. The van der Waals surface area contributed by atoms with Crippen LogP contribution in [0.25, 0.3) is 0 Å². The van der Waals surface area contributed by atoms with Gasteiger partial charge in [-0.15, -0.1) is 0 Å². The van der Waals surface area contributed by atoms with Gasteiger partial charge in [-0.2, -0.15) is 0 Å². The Labute approximate surface area is 170 Å². The van der Waals surface area contributed by atoms with Gasteiger partial charge in [-0.25, -0.2) is 0 Å². The van der Waals surface area contributed by atoms with Crippen LogP contribution in [0.2, 0.25) is 0 Å². The van der Waals surface area contributed by atoms with E-state index in [0.29, 0.717) is 35.5 Å². The van der Waals surface area contributed by atoms with Crippen molar-refractivity contribution >= 4 is 17.3 Å². The molecule has 7 heteroatoms. The molecule has 0 saturated carbocycles. The summed E-state index contributed by atoms with van der Waals surface area (Å²) in [5.74, 6) is 0.354. The number of nitrogen functional groups attached to an aromatic ring is 1. The van der Waals surface area contributed by atoms with Crippen LogP contribution in [0.3, 0.4) is 0 Å². The summed E-state index contributed by atoms with van der Waals surface area (Å²) in [6, 6.07) is 14.0. The van der Waals surface area contributed by atoms with Crippen molar-refractivity contribution in [1.29, 1.82) is 0 Å². The van der Waals surface area contributed by atoms with Gasteiger partial charge in [0.05, 0.1) is 24.1 Å². The van der Waals surface area contributed by atoms with Gasteiger partial charge >= 0.3 is 0 Å². The SMILES string of the molecule is CO[C@H](CC/C=C/C(=O)Nc1ccccc1N)[C@H](O)c1ccc(OCCO)cc1. The number of anilines is 2. The van der Waals surface area contributed by atoms with Crippen LogP contribution in [-0.2, 0) is 9.53 Å². The summed E-state index contributed by atoms with van der Waals surface area (Å²) in [5, 5.41) is 22.1. The number of nitrogens with two attached hydrogens (primary N) is 1. The standard InChI is InChI=1S/C22H28N2O5/c1-28-20(22(27)16-10-12-17(13-11-16)29-15-14-25)8-4-5-9-21(26)24-19-7-3-2-6-18(19)23/h2-3,5-7,9-13,20,22,25,27H,4,8,14-15,23H2,1H3,(H,24,26)/b9-5+/t20-,22-/m1/s1. The number of aliphatic hydroxyl groups is 2. The maximum atomic E-state index is 12.0. The molecule has 0 aliphatic carbocycles. The molecular weight excluding hydrogens is 372 g/mol. The number of carbonyl (C=O) groups excluding carboxylic acids is 1. The molecule has 2 atom stereocenters. The highest BCUT2D eigenvalue weighted by Crippen LogP contribution is 2.24. The molecule has 0 fully saturated rings. The molecule has 0 saturated heterocycles. The number of ether oxygens (including phenoxy) is 2. The van der Waals surface area contributed by atoms with Gasteiger partial charge in [0.2, 0.25) is 5.91 Å². The normalized spacial score (nSPS) is 13.2. The van der Waals surface area contributed by atoms with Gasteiger partial charge in [0, 0.05) is 7.11 Å². The van der Waals surface area contributed by atoms with Crippen molar-refractivity contribution in [2.24, 2.45) is 0 Å². The Hall–Kier alpha value is -2.87. The molecule has 2 rings (SSSR count). The van der Waals surface area contributed by atoms with E-state index in [-0.39, 0.29) is 19.1 Å². The zero-order valence-electron chi connectivity index (χ0n) is 16.5. The van der Waals surface area contributed by atoms with E-state index >= 15 is 0 Å². The lowest BCUT2D eigenvalue weighted by Crippen LogP contribution is -2.20. The molecule has 0 aliphatic rings. The number of rotatable bonds is 11. The average molecular weight is 400 g/mol. The fraction of sp³-hybridized carbons (Fsp3) is 0.318. The van der Waals surface area contributed by atoms with E-state index in [4.69, 9.17) is 20.3 Å². The number of benzene rings is 2. The largest absolute Gasteiger partial charge is 0.491 e. The third-order valence-corrected chi connectivity index (χ3v) is 4.34. The number of allylic oxidation sites excluding steroid dienone is 1. The van der Waals surface area contributed by atoms with E-state index in [1.54, 1.807) is 61.7 Å². The van der Waals surface area contributed by atoms with Gasteiger partial charge in [0.1, 0.15) is 18.5 Å². The molecule has 0 aromatic heterocycles. The molecule has 0 aliphatic heterocycles. The zero-order valence-corrected chi connectivity index (χ0v) is 16.5. The highest BCUT2D eigenvalue weighted by atomic mass is 16.5. The second kappa shape index (κ2) is 11.9. The van der Waals surface area contributed by atoms with Crippen LogP contribution in [0.1, 0.15) is 24.5 Å². The maximum absolute atomic E-state index is 12.0. The van der Waals surface area contributed by atoms with Gasteiger partial charge in [-0.1, -0.05) is 30.3 Å². The summed E-state index contributed by atoms with van der Waals surface area (Å²) in [6.45, 7) is 0.166. The molecule has 156 valence electrons. The zero-order chi connectivity index (χ0) is 21.1. The second-order valence-corrected chi connectivity index (χ2v) is 6.42. The first-order chi connectivity index (χ1) is 14.0. The molecule has 1 amide bonds. The van der Waals surface area contributed by atoms with Gasteiger partial charge in [-0.05, 0) is 48.7 Å². The first kappa shape index (κ1) is 22.4. The van der Waals surface area contributed by atoms with Crippen LogP contribution in [0.4, 0.5) is 11.4 Å². The van der Waals surface area contributed by atoms with Gasteiger partial charge in [0.25, 0.3) is 0 Å². The Morgan fingerprint density at radius 1 is 1.21 bits per heavy atom. The van der Waals surface area contributed by atoms with Crippen LogP contribution < -0.4 is 15.8 Å². The Morgan fingerprint density at radius 2 is 1.93 bits per heavy atom. The highest BCUT2D eigenvalue weighted by molar-refractivity contribution is 6.01. The molecule has 2 aromatic carbocycles. The third kappa shape index (κ3) is 7.23. The smallest absolute Gasteiger partial charge is 0.248 e. The molecule has 0 heterocycles. The molecule has 2 aromatic rings. The Morgan fingerprint density at radius 3 is 2.59 bits per heavy atom. The van der Waals surface area contributed by atoms with Crippen LogP contribution in [0, 0.1) is 0 Å². The van der Waals surface area contributed by atoms with E-state index < -0.39 is 12.2 Å². The van der Waals surface area contributed by atoms with Crippen molar-refractivity contribution in [2.45, 2.75) is 25.0 Å². The molecule has 0 radical (unpaired) electrons. The Bertz CT molecular complexity index is 792. The molecule has 0 spiro atoms. The van der Waals surface area contributed by atoms with Gasteiger partial charge in [0.15, 0.2) is 0 Å². The van der Waals surface area contributed by atoms with E-state index in [1.807, 2.05) is 0 Å². The van der Waals surface area contributed by atoms with E-state index in [1.165, 1.54) is 6.08 Å². The minimum absolute atomic E-state index is 0.0552. The number of para-hydroxylation sites is 2. The summed E-state index contributed by atoms with van der Waals surface area (Å²) >= 11 is 0. The lowest BCUT2D eigenvalue weighted by Gasteiger charge is -2.21.